The molecule has 0 spiro atoms. The Kier molecular flexibility index (Phi) is 4.75. The van der Waals surface area contributed by atoms with Gasteiger partial charge in [-0.1, -0.05) is 6.07 Å². The van der Waals surface area contributed by atoms with E-state index in [-0.39, 0.29) is 30.6 Å². The van der Waals surface area contributed by atoms with Gasteiger partial charge in [-0.05, 0) is 49.6 Å². The summed E-state index contributed by atoms with van der Waals surface area (Å²) >= 11 is 0. The van der Waals surface area contributed by atoms with E-state index in [0.29, 0.717) is 37.4 Å². The van der Waals surface area contributed by atoms with Gasteiger partial charge in [0.1, 0.15) is 0 Å². The molecule has 7 nitrogen and oxygen atoms in total. The van der Waals surface area contributed by atoms with Crippen molar-refractivity contribution in [2.75, 3.05) is 19.9 Å². The zero-order valence-electron chi connectivity index (χ0n) is 15.1. The molecule has 3 heterocycles. The highest BCUT2D eigenvalue weighted by molar-refractivity contribution is 5.91. The van der Waals surface area contributed by atoms with Crippen LogP contribution in [0.3, 0.4) is 0 Å². The van der Waals surface area contributed by atoms with E-state index < -0.39 is 0 Å². The summed E-state index contributed by atoms with van der Waals surface area (Å²) in [6, 6.07) is 8.92. The summed E-state index contributed by atoms with van der Waals surface area (Å²) in [5, 5.41) is 3.07. The number of benzene rings is 1. The van der Waals surface area contributed by atoms with Crippen LogP contribution in [0.4, 0.5) is 0 Å². The van der Waals surface area contributed by atoms with Gasteiger partial charge in [-0.3, -0.25) is 9.59 Å². The van der Waals surface area contributed by atoms with Crippen LogP contribution in [0, 0.1) is 5.92 Å². The van der Waals surface area contributed by atoms with E-state index in [0.717, 1.165) is 11.3 Å². The van der Waals surface area contributed by atoms with Crippen LogP contribution in [0.25, 0.3) is 0 Å². The van der Waals surface area contributed by atoms with E-state index in [4.69, 9.17) is 13.9 Å². The Bertz CT molecular complexity index is 825. The number of hydrogen-bond acceptors (Lipinski definition) is 5. The Labute approximate surface area is 157 Å². The third-order valence-corrected chi connectivity index (χ3v) is 5.14. The average molecular weight is 370 g/mol. The van der Waals surface area contributed by atoms with Crippen molar-refractivity contribution in [2.45, 2.75) is 25.8 Å². The molecule has 1 fully saturated rings. The van der Waals surface area contributed by atoms with Crippen molar-refractivity contribution < 1.29 is 23.5 Å². The highest BCUT2D eigenvalue weighted by Crippen LogP contribution is 2.34. The second kappa shape index (κ2) is 7.34. The number of piperidine rings is 1. The number of carbonyl (C=O) groups excluding carboxylic acids is 2. The first-order valence-corrected chi connectivity index (χ1v) is 9.14. The molecule has 7 heteroatoms. The summed E-state index contributed by atoms with van der Waals surface area (Å²) in [7, 11) is 0. The zero-order chi connectivity index (χ0) is 18.8. The molecule has 2 amide bonds. The Hall–Kier alpha value is -2.96. The van der Waals surface area contributed by atoms with Gasteiger partial charge in [0.25, 0.3) is 5.91 Å². The number of nitrogens with one attached hydrogen (secondary N) is 1. The van der Waals surface area contributed by atoms with E-state index in [2.05, 4.69) is 5.32 Å². The molecule has 0 bridgehead atoms. The van der Waals surface area contributed by atoms with Crippen LogP contribution in [-0.2, 0) is 4.79 Å². The summed E-state index contributed by atoms with van der Waals surface area (Å²) in [6.07, 6.45) is 2.78. The Morgan fingerprint density at radius 3 is 2.67 bits per heavy atom. The molecular weight excluding hydrogens is 348 g/mol. The van der Waals surface area contributed by atoms with E-state index in [1.54, 1.807) is 17.0 Å². The monoisotopic (exact) mass is 370 g/mol. The molecule has 2 aliphatic rings. The van der Waals surface area contributed by atoms with E-state index in [1.807, 2.05) is 25.1 Å². The van der Waals surface area contributed by atoms with Crippen molar-refractivity contribution in [3.8, 4) is 11.5 Å². The average Bonchev–Trinajstić information content (AvgIpc) is 3.38. The number of likely N-dealkylation sites (tertiary alicyclic amines) is 1. The molecule has 1 aromatic heterocycles. The molecule has 0 saturated carbocycles. The van der Waals surface area contributed by atoms with Gasteiger partial charge >= 0.3 is 0 Å². The minimum atomic E-state index is -0.130. The first kappa shape index (κ1) is 17.5. The SMILES string of the molecule is CC(NC(=O)C1CCN(C(=O)c2ccco2)CC1)c1ccc2c(c1)OCO2. The summed E-state index contributed by atoms with van der Waals surface area (Å²) in [6.45, 7) is 3.28. The number of amides is 2. The molecular formula is C20H22N2O5. The van der Waals surface area contributed by atoms with Gasteiger partial charge in [0.2, 0.25) is 12.7 Å². The maximum Gasteiger partial charge on any atom is 0.289 e. The van der Waals surface area contributed by atoms with E-state index in [1.165, 1.54) is 6.26 Å². The first-order valence-electron chi connectivity index (χ1n) is 9.14. The second-order valence-corrected chi connectivity index (χ2v) is 6.89. The summed E-state index contributed by atoms with van der Waals surface area (Å²) < 4.78 is 15.9. The summed E-state index contributed by atoms with van der Waals surface area (Å²) in [5.41, 5.74) is 0.970. The maximum absolute atomic E-state index is 12.6. The van der Waals surface area contributed by atoms with Crippen molar-refractivity contribution in [3.63, 3.8) is 0 Å². The lowest BCUT2D eigenvalue weighted by Gasteiger charge is -2.31. The number of rotatable bonds is 4. The fourth-order valence-electron chi connectivity index (χ4n) is 3.50. The lowest BCUT2D eigenvalue weighted by Crippen LogP contribution is -2.43. The molecule has 1 saturated heterocycles. The molecule has 2 aliphatic heterocycles. The van der Waals surface area contributed by atoms with E-state index >= 15 is 0 Å². The highest BCUT2D eigenvalue weighted by atomic mass is 16.7. The van der Waals surface area contributed by atoms with Crippen LogP contribution in [-0.4, -0.2) is 36.6 Å². The molecule has 1 aromatic carbocycles. The Balaban J connectivity index is 1.31. The van der Waals surface area contributed by atoms with Crippen molar-refractivity contribution >= 4 is 11.8 Å². The molecule has 1 atom stereocenters. The molecule has 2 aromatic rings. The standard InChI is InChI=1S/C20H22N2O5/c1-13(15-4-5-16-18(11-15)27-12-26-16)21-19(23)14-6-8-22(9-7-14)20(24)17-3-2-10-25-17/h2-5,10-11,13-14H,6-9,12H2,1H3,(H,21,23). The van der Waals surface area contributed by atoms with Crippen LogP contribution in [0.5, 0.6) is 11.5 Å². The molecule has 142 valence electrons. The normalized spacial score (nSPS) is 17.6. The molecule has 1 N–H and O–H groups in total. The van der Waals surface area contributed by atoms with E-state index in [9.17, 15) is 9.59 Å². The number of ether oxygens (including phenoxy) is 2. The van der Waals surface area contributed by atoms with Gasteiger partial charge < -0.3 is 24.1 Å². The smallest absolute Gasteiger partial charge is 0.289 e. The predicted octanol–water partition coefficient (Wildman–Crippen LogP) is 2.74. The van der Waals surface area contributed by atoms with Gasteiger partial charge in [-0.2, -0.15) is 0 Å². The maximum atomic E-state index is 12.6. The number of nitrogens with zero attached hydrogens (tertiary/aromatic N) is 1. The van der Waals surface area contributed by atoms with Crippen LogP contribution in [0.1, 0.15) is 41.9 Å². The molecule has 0 radical (unpaired) electrons. The second-order valence-electron chi connectivity index (χ2n) is 6.89. The van der Waals surface area contributed by atoms with Crippen LogP contribution in [0.2, 0.25) is 0 Å². The third-order valence-electron chi connectivity index (χ3n) is 5.14. The number of fused-ring (bicyclic) bond motifs is 1. The largest absolute Gasteiger partial charge is 0.459 e. The van der Waals surface area contributed by atoms with Crippen LogP contribution < -0.4 is 14.8 Å². The topological polar surface area (TPSA) is 81.0 Å². The van der Waals surface area contributed by atoms with Gasteiger partial charge in [-0.15, -0.1) is 0 Å². The summed E-state index contributed by atoms with van der Waals surface area (Å²) in [4.78, 5) is 26.7. The summed E-state index contributed by atoms with van der Waals surface area (Å²) in [5.74, 6) is 1.58. The van der Waals surface area contributed by atoms with Gasteiger partial charge in [-0.25, -0.2) is 0 Å². The van der Waals surface area contributed by atoms with Crippen molar-refractivity contribution in [1.82, 2.24) is 10.2 Å². The Morgan fingerprint density at radius 2 is 1.93 bits per heavy atom. The van der Waals surface area contributed by atoms with Crippen LogP contribution in [0.15, 0.2) is 41.0 Å². The zero-order valence-corrected chi connectivity index (χ0v) is 15.1. The Morgan fingerprint density at radius 1 is 1.15 bits per heavy atom. The molecule has 4 rings (SSSR count). The lowest BCUT2D eigenvalue weighted by molar-refractivity contribution is -0.127. The molecule has 1 unspecified atom stereocenters. The highest BCUT2D eigenvalue weighted by Gasteiger charge is 2.29. The van der Waals surface area contributed by atoms with Crippen molar-refractivity contribution in [2.24, 2.45) is 5.92 Å². The van der Waals surface area contributed by atoms with Crippen molar-refractivity contribution in [1.29, 1.82) is 0 Å². The predicted molar refractivity (Wildman–Crippen MR) is 96.5 cm³/mol. The quantitative estimate of drug-likeness (QED) is 0.895. The number of furan rings is 1. The van der Waals surface area contributed by atoms with Gasteiger partial charge in [0, 0.05) is 19.0 Å². The fourth-order valence-corrected chi connectivity index (χ4v) is 3.50. The van der Waals surface area contributed by atoms with Gasteiger partial charge in [0.15, 0.2) is 17.3 Å². The van der Waals surface area contributed by atoms with Gasteiger partial charge in [0.05, 0.1) is 12.3 Å². The van der Waals surface area contributed by atoms with Crippen LogP contribution >= 0.6 is 0 Å². The van der Waals surface area contributed by atoms with Crippen molar-refractivity contribution in [3.05, 3.63) is 47.9 Å². The minimum Gasteiger partial charge on any atom is -0.459 e. The molecule has 0 aliphatic carbocycles. The lowest BCUT2D eigenvalue weighted by atomic mass is 9.95. The number of hydrogen-bond donors (Lipinski definition) is 1. The fraction of sp³-hybridized carbons (Fsp3) is 0.400. The third kappa shape index (κ3) is 3.63. The molecule has 27 heavy (non-hydrogen) atoms. The number of carbonyl (C=O) groups is 2. The minimum absolute atomic E-state index is 0.0188. The first-order chi connectivity index (χ1) is 13.1.